The predicted octanol–water partition coefficient (Wildman–Crippen LogP) is -0.752. The largest absolute Gasteiger partial charge is 0.480 e. The van der Waals surface area contributed by atoms with E-state index < -0.39 is 54.3 Å². The number of rotatable bonds is 10. The molecule has 4 amide bonds. The molecule has 0 aromatic carbocycles. The van der Waals surface area contributed by atoms with Crippen LogP contribution in [0.5, 0.6) is 0 Å². The molecule has 0 saturated heterocycles. The van der Waals surface area contributed by atoms with Crippen LogP contribution in [0.25, 0.3) is 0 Å². The summed E-state index contributed by atoms with van der Waals surface area (Å²) in [6, 6.07) is -3.60. The minimum atomic E-state index is -1.51. The van der Waals surface area contributed by atoms with E-state index in [-0.39, 0.29) is 6.61 Å². The van der Waals surface area contributed by atoms with Crippen molar-refractivity contribution >= 4 is 29.8 Å². The lowest BCUT2D eigenvalue weighted by atomic mass is 10.1. The molecule has 11 nitrogen and oxygen atoms in total. The van der Waals surface area contributed by atoms with Crippen LogP contribution in [0.1, 0.15) is 20.3 Å². The van der Waals surface area contributed by atoms with Gasteiger partial charge in [-0.2, -0.15) is 0 Å². The van der Waals surface area contributed by atoms with Crippen molar-refractivity contribution < 1.29 is 33.8 Å². The summed E-state index contributed by atoms with van der Waals surface area (Å²) in [6.07, 6.45) is 8.26. The molecule has 162 valence electrons. The van der Waals surface area contributed by atoms with Crippen molar-refractivity contribution in [1.29, 1.82) is 0 Å². The van der Waals surface area contributed by atoms with Crippen molar-refractivity contribution in [2.24, 2.45) is 5.73 Å². The third-order valence-corrected chi connectivity index (χ3v) is 4.17. The Bertz CT molecular complexity index is 788. The number of hydrogen-bond donors (Lipinski definition) is 4. The maximum absolute atomic E-state index is 12.5. The second-order valence-electron chi connectivity index (χ2n) is 6.55. The molecule has 30 heavy (non-hydrogen) atoms. The molecule has 0 aromatic heterocycles. The van der Waals surface area contributed by atoms with Gasteiger partial charge >= 0.3 is 12.1 Å². The topological polar surface area (TPSA) is 168 Å². The Kier molecular flexibility index (Phi) is 9.18. The van der Waals surface area contributed by atoms with Gasteiger partial charge in [0, 0.05) is 19.2 Å². The lowest BCUT2D eigenvalue weighted by molar-refractivity contribution is -0.145. The quantitative estimate of drug-likeness (QED) is 0.336. The van der Waals surface area contributed by atoms with Crippen LogP contribution in [0.15, 0.2) is 29.9 Å². The van der Waals surface area contributed by atoms with Crippen molar-refractivity contribution in [2.75, 3.05) is 13.7 Å². The maximum Gasteiger partial charge on any atom is 0.409 e. The van der Waals surface area contributed by atoms with Crippen LogP contribution in [0.3, 0.4) is 0 Å². The van der Waals surface area contributed by atoms with E-state index in [0.29, 0.717) is 0 Å². The molecule has 11 heteroatoms. The highest BCUT2D eigenvalue weighted by atomic mass is 16.5. The van der Waals surface area contributed by atoms with Crippen molar-refractivity contribution in [1.82, 2.24) is 15.5 Å². The SMILES string of the molecule is C[C@H](NC(=O)OCC1=CC=C[C+]=C1)C(=O)N(C)[C@@H](C)C(=O)N[C@@H](CC(N)=O)C(=O)O. The number of nitrogens with zero attached hydrogens (tertiary/aromatic N) is 1. The molecule has 0 radical (unpaired) electrons. The Hall–Kier alpha value is -3.72. The number of alkyl carbamates (subject to hydrolysis) is 1. The van der Waals surface area contributed by atoms with E-state index in [1.165, 1.54) is 20.9 Å². The first-order chi connectivity index (χ1) is 14.0. The molecule has 0 heterocycles. The van der Waals surface area contributed by atoms with Crippen LogP contribution < -0.4 is 16.4 Å². The Morgan fingerprint density at radius 3 is 2.43 bits per heavy atom. The summed E-state index contributed by atoms with van der Waals surface area (Å²) in [5, 5.41) is 13.6. The minimum absolute atomic E-state index is 0.00479. The Morgan fingerprint density at radius 1 is 1.23 bits per heavy atom. The van der Waals surface area contributed by atoms with Crippen molar-refractivity contribution in [2.45, 2.75) is 38.4 Å². The molecule has 0 aromatic rings. The molecule has 1 aliphatic rings. The Balaban J connectivity index is 2.57. The summed E-state index contributed by atoms with van der Waals surface area (Å²) in [5.41, 5.74) is 5.69. The summed E-state index contributed by atoms with van der Waals surface area (Å²) in [5.74, 6) is -3.74. The zero-order valence-electron chi connectivity index (χ0n) is 16.9. The van der Waals surface area contributed by atoms with Gasteiger partial charge in [-0.05, 0) is 13.8 Å². The van der Waals surface area contributed by atoms with Gasteiger partial charge in [-0.25, -0.2) is 9.59 Å². The molecule has 0 spiro atoms. The second kappa shape index (κ2) is 11.3. The zero-order chi connectivity index (χ0) is 22.8. The molecule has 5 N–H and O–H groups in total. The normalized spacial score (nSPS) is 15.0. The van der Waals surface area contributed by atoms with Gasteiger partial charge in [0.2, 0.25) is 17.7 Å². The van der Waals surface area contributed by atoms with Gasteiger partial charge in [-0.1, -0.05) is 0 Å². The number of aliphatic carboxylic acids is 1. The molecule has 1 rings (SSSR count). The molecule has 0 saturated carbocycles. The first kappa shape index (κ1) is 24.3. The van der Waals surface area contributed by atoms with Crippen LogP contribution in [0.4, 0.5) is 4.79 Å². The van der Waals surface area contributed by atoms with Gasteiger partial charge in [-0.15, -0.1) is 0 Å². The number of hydrogen-bond acceptors (Lipinski definition) is 6. The summed E-state index contributed by atoms with van der Waals surface area (Å²) in [4.78, 5) is 59.7. The van der Waals surface area contributed by atoms with E-state index >= 15 is 0 Å². The average molecular weight is 421 g/mol. The maximum atomic E-state index is 12.5. The van der Waals surface area contributed by atoms with Crippen LogP contribution in [-0.2, 0) is 23.9 Å². The minimum Gasteiger partial charge on any atom is -0.480 e. The van der Waals surface area contributed by atoms with Crippen LogP contribution in [-0.4, -0.2) is 71.6 Å². The standard InChI is InChI=1S/C19H24N4O7/c1-11(21-19(29)30-10-13-7-5-4-6-8-13)17(26)23(3)12(2)16(25)22-14(18(27)28)9-15(20)24/h4-5,7-8,11-12,14H,9-10H2,1-3H3,(H4-,20,21,22,24,25,27,28,29)/p+1/t11-,12-,14-/m0/s1. The van der Waals surface area contributed by atoms with Gasteiger partial charge in [0.25, 0.3) is 0 Å². The summed E-state index contributed by atoms with van der Waals surface area (Å²) in [7, 11) is 1.32. The number of likely N-dealkylation sites (N-methyl/N-ethyl adjacent to an activating group) is 1. The summed E-state index contributed by atoms with van der Waals surface area (Å²) >= 11 is 0. The number of carbonyl (C=O) groups is 5. The van der Waals surface area contributed by atoms with Gasteiger partial charge in [0.1, 0.15) is 30.3 Å². The van der Waals surface area contributed by atoms with E-state index in [9.17, 15) is 24.0 Å². The van der Waals surface area contributed by atoms with Crippen LogP contribution in [0.2, 0.25) is 0 Å². The highest BCUT2D eigenvalue weighted by Crippen LogP contribution is 2.05. The monoisotopic (exact) mass is 421 g/mol. The van der Waals surface area contributed by atoms with Crippen molar-refractivity contribution in [3.8, 4) is 0 Å². The summed E-state index contributed by atoms with van der Waals surface area (Å²) in [6.45, 7) is 2.77. The smallest absolute Gasteiger partial charge is 0.409 e. The molecular weight excluding hydrogens is 396 g/mol. The van der Waals surface area contributed by atoms with E-state index in [1.807, 2.05) is 0 Å². The molecule has 1 aliphatic carbocycles. The van der Waals surface area contributed by atoms with E-state index in [2.05, 4.69) is 16.7 Å². The fraction of sp³-hybridized carbons (Fsp3) is 0.421. The second-order valence-corrected chi connectivity index (χ2v) is 6.55. The van der Waals surface area contributed by atoms with E-state index in [0.717, 1.165) is 10.5 Å². The van der Waals surface area contributed by atoms with E-state index in [4.69, 9.17) is 15.6 Å². The first-order valence-electron chi connectivity index (χ1n) is 8.99. The molecule has 0 aliphatic heterocycles. The van der Waals surface area contributed by atoms with Crippen molar-refractivity contribution in [3.05, 3.63) is 36.0 Å². The lowest BCUT2D eigenvalue weighted by Gasteiger charge is -2.28. The highest BCUT2D eigenvalue weighted by Gasteiger charge is 2.30. The molecule has 0 unspecified atom stereocenters. The number of allylic oxidation sites excluding steroid dienone is 4. The zero-order valence-corrected chi connectivity index (χ0v) is 16.9. The van der Waals surface area contributed by atoms with Crippen molar-refractivity contribution in [3.63, 3.8) is 0 Å². The van der Waals surface area contributed by atoms with Crippen LogP contribution in [0, 0.1) is 6.08 Å². The summed E-state index contributed by atoms with van der Waals surface area (Å²) < 4.78 is 5.02. The van der Waals surface area contributed by atoms with Crippen LogP contribution >= 0.6 is 0 Å². The molecular formula is C19H25N4O7+. The van der Waals surface area contributed by atoms with Gasteiger partial charge < -0.3 is 31.1 Å². The molecule has 0 bridgehead atoms. The number of amides is 4. The van der Waals surface area contributed by atoms with E-state index in [1.54, 1.807) is 24.3 Å². The third-order valence-electron chi connectivity index (χ3n) is 4.17. The first-order valence-corrected chi connectivity index (χ1v) is 8.99. The van der Waals surface area contributed by atoms with Gasteiger partial charge in [-0.3, -0.25) is 14.4 Å². The third kappa shape index (κ3) is 7.72. The number of ether oxygens (including phenoxy) is 1. The Morgan fingerprint density at radius 2 is 1.90 bits per heavy atom. The lowest BCUT2D eigenvalue weighted by Crippen LogP contribution is -2.55. The number of carboxylic acid groups (broad SMARTS) is 1. The fourth-order valence-electron chi connectivity index (χ4n) is 2.32. The average Bonchev–Trinajstić information content (AvgIpc) is 2.70. The van der Waals surface area contributed by atoms with Gasteiger partial charge in [0.15, 0.2) is 6.61 Å². The molecule has 3 atom stereocenters. The number of primary amides is 1. The Labute approximate surface area is 173 Å². The number of carboxylic acids is 1. The number of nitrogens with two attached hydrogens (primary N) is 1. The number of nitrogens with one attached hydrogen (secondary N) is 2. The highest BCUT2D eigenvalue weighted by molar-refractivity contribution is 5.93. The van der Waals surface area contributed by atoms with Gasteiger partial charge in [0.05, 0.1) is 18.1 Å². The fourth-order valence-corrected chi connectivity index (χ4v) is 2.32. The number of carbonyl (C=O) groups excluding carboxylic acids is 4. The predicted molar refractivity (Wildman–Crippen MR) is 105 cm³/mol. The molecule has 0 fully saturated rings.